The Labute approximate surface area is 78.0 Å². The predicted molar refractivity (Wildman–Crippen MR) is 48.3 cm³/mol. The Balaban J connectivity index is 1.98. The molecule has 1 saturated carbocycles. The van der Waals surface area contributed by atoms with Crippen LogP contribution in [0.4, 0.5) is 0 Å². The van der Waals surface area contributed by atoms with Gasteiger partial charge in [0.1, 0.15) is 0 Å². The second-order valence-corrected chi connectivity index (χ2v) is 4.58. The molecule has 0 amide bonds. The average molecular weight is 178 g/mol. The lowest BCUT2D eigenvalue weighted by Crippen LogP contribution is -2.34. The van der Waals surface area contributed by atoms with E-state index in [0.717, 1.165) is 6.42 Å². The molecule has 1 spiro atoms. The second-order valence-electron chi connectivity index (χ2n) is 4.58. The van der Waals surface area contributed by atoms with Crippen LogP contribution >= 0.6 is 0 Å². The highest BCUT2D eigenvalue weighted by atomic mass is 16.5. The third kappa shape index (κ3) is 1.01. The maximum absolute atomic E-state index is 11.2. The van der Waals surface area contributed by atoms with E-state index < -0.39 is 0 Å². The molecule has 0 N–H and O–H groups in total. The van der Waals surface area contributed by atoms with Crippen LogP contribution in [-0.2, 0) is 9.53 Å². The molecule has 0 aromatic carbocycles. The SMILES string of the molecule is O=C1C=CC23CCCC(C2)OC3C1. The fraction of sp³-hybridized carbons (Fsp3) is 0.727. The topological polar surface area (TPSA) is 26.3 Å². The number of fused-ring (bicyclic) bond motifs is 1. The van der Waals surface area contributed by atoms with Gasteiger partial charge in [0.2, 0.25) is 0 Å². The Hall–Kier alpha value is -0.630. The normalized spacial score (nSPS) is 47.8. The summed E-state index contributed by atoms with van der Waals surface area (Å²) in [5.74, 6) is 0.239. The summed E-state index contributed by atoms with van der Waals surface area (Å²) in [6, 6.07) is 0. The molecule has 0 radical (unpaired) electrons. The quantitative estimate of drug-likeness (QED) is 0.565. The van der Waals surface area contributed by atoms with Gasteiger partial charge in [-0.05, 0) is 31.8 Å². The third-order valence-electron chi connectivity index (χ3n) is 3.76. The van der Waals surface area contributed by atoms with Crippen molar-refractivity contribution in [1.82, 2.24) is 0 Å². The number of hydrogen-bond acceptors (Lipinski definition) is 2. The molecular formula is C11H14O2. The predicted octanol–water partition coefficient (Wildman–Crippen LogP) is 1.84. The van der Waals surface area contributed by atoms with Crippen LogP contribution in [0.1, 0.15) is 32.1 Å². The van der Waals surface area contributed by atoms with Crippen LogP contribution in [0, 0.1) is 5.41 Å². The zero-order valence-electron chi connectivity index (χ0n) is 7.66. The number of carbonyl (C=O) groups excluding carboxylic acids is 1. The van der Waals surface area contributed by atoms with Gasteiger partial charge in [-0.3, -0.25) is 4.79 Å². The van der Waals surface area contributed by atoms with Gasteiger partial charge in [0.25, 0.3) is 0 Å². The van der Waals surface area contributed by atoms with Crippen LogP contribution in [0.15, 0.2) is 12.2 Å². The van der Waals surface area contributed by atoms with Crippen LogP contribution in [0.5, 0.6) is 0 Å². The van der Waals surface area contributed by atoms with Crippen molar-refractivity contribution in [3.05, 3.63) is 12.2 Å². The van der Waals surface area contributed by atoms with E-state index in [-0.39, 0.29) is 17.3 Å². The summed E-state index contributed by atoms with van der Waals surface area (Å²) in [4.78, 5) is 11.2. The minimum Gasteiger partial charge on any atom is -0.374 e. The molecule has 3 atom stereocenters. The Morgan fingerprint density at radius 2 is 2.46 bits per heavy atom. The summed E-state index contributed by atoms with van der Waals surface area (Å²) < 4.78 is 5.88. The molecule has 70 valence electrons. The van der Waals surface area contributed by atoms with E-state index in [1.165, 1.54) is 19.3 Å². The summed E-state index contributed by atoms with van der Waals surface area (Å²) in [7, 11) is 0. The van der Waals surface area contributed by atoms with Crippen LogP contribution in [-0.4, -0.2) is 18.0 Å². The fourth-order valence-corrected chi connectivity index (χ4v) is 3.08. The molecule has 2 bridgehead atoms. The molecule has 0 aromatic heterocycles. The Kier molecular flexibility index (Phi) is 1.46. The maximum Gasteiger partial charge on any atom is 0.158 e. The Morgan fingerprint density at radius 1 is 1.54 bits per heavy atom. The van der Waals surface area contributed by atoms with Crippen LogP contribution in [0.2, 0.25) is 0 Å². The van der Waals surface area contributed by atoms with Gasteiger partial charge in [-0.1, -0.05) is 6.08 Å². The highest BCUT2D eigenvalue weighted by Crippen LogP contribution is 2.51. The first-order valence-electron chi connectivity index (χ1n) is 5.16. The molecular weight excluding hydrogens is 164 g/mol. The van der Waals surface area contributed by atoms with Crippen molar-refractivity contribution in [1.29, 1.82) is 0 Å². The van der Waals surface area contributed by atoms with E-state index in [9.17, 15) is 4.79 Å². The molecule has 1 heterocycles. The maximum atomic E-state index is 11.2. The number of carbonyl (C=O) groups is 1. The van der Waals surface area contributed by atoms with Gasteiger partial charge >= 0.3 is 0 Å². The largest absolute Gasteiger partial charge is 0.374 e. The number of ether oxygens (including phenoxy) is 1. The molecule has 0 aromatic rings. The molecule has 2 heteroatoms. The second kappa shape index (κ2) is 2.44. The van der Waals surface area contributed by atoms with Crippen molar-refractivity contribution in [2.45, 2.75) is 44.3 Å². The highest BCUT2D eigenvalue weighted by Gasteiger charge is 2.50. The lowest BCUT2D eigenvalue weighted by atomic mass is 9.68. The monoisotopic (exact) mass is 178 g/mol. The van der Waals surface area contributed by atoms with Gasteiger partial charge in [-0.15, -0.1) is 0 Å². The molecule has 2 nitrogen and oxygen atoms in total. The van der Waals surface area contributed by atoms with Crippen molar-refractivity contribution < 1.29 is 9.53 Å². The van der Waals surface area contributed by atoms with Crippen LogP contribution < -0.4 is 0 Å². The van der Waals surface area contributed by atoms with E-state index in [4.69, 9.17) is 4.74 Å². The van der Waals surface area contributed by atoms with Crippen molar-refractivity contribution in [3.8, 4) is 0 Å². The molecule has 3 aliphatic rings. The van der Waals surface area contributed by atoms with E-state index >= 15 is 0 Å². The van der Waals surface area contributed by atoms with E-state index in [1.807, 2.05) is 0 Å². The van der Waals surface area contributed by atoms with Gasteiger partial charge in [-0.25, -0.2) is 0 Å². The van der Waals surface area contributed by atoms with Crippen molar-refractivity contribution in [2.75, 3.05) is 0 Å². The van der Waals surface area contributed by atoms with Gasteiger partial charge in [0.05, 0.1) is 12.2 Å². The number of rotatable bonds is 0. The molecule has 1 saturated heterocycles. The van der Waals surface area contributed by atoms with Gasteiger partial charge in [-0.2, -0.15) is 0 Å². The third-order valence-corrected chi connectivity index (χ3v) is 3.76. The first-order chi connectivity index (χ1) is 6.28. The molecule has 3 unspecified atom stereocenters. The van der Waals surface area contributed by atoms with Gasteiger partial charge in [0.15, 0.2) is 5.78 Å². The van der Waals surface area contributed by atoms with Crippen molar-refractivity contribution in [2.24, 2.45) is 5.41 Å². The zero-order valence-corrected chi connectivity index (χ0v) is 7.66. The summed E-state index contributed by atoms with van der Waals surface area (Å²) in [5.41, 5.74) is 0.247. The Morgan fingerprint density at radius 3 is 3.38 bits per heavy atom. The molecule has 13 heavy (non-hydrogen) atoms. The molecule has 2 aliphatic carbocycles. The summed E-state index contributed by atoms with van der Waals surface area (Å²) in [5, 5.41) is 0. The van der Waals surface area contributed by atoms with Crippen molar-refractivity contribution >= 4 is 5.78 Å². The summed E-state index contributed by atoms with van der Waals surface area (Å²) in [6.45, 7) is 0. The Bertz CT molecular complexity index is 282. The highest BCUT2D eigenvalue weighted by molar-refractivity contribution is 5.91. The van der Waals surface area contributed by atoms with Gasteiger partial charge in [0, 0.05) is 11.8 Å². The minimum atomic E-state index is 0.206. The smallest absolute Gasteiger partial charge is 0.158 e. The summed E-state index contributed by atoms with van der Waals surface area (Å²) in [6.07, 6.45) is 9.99. The van der Waals surface area contributed by atoms with Crippen LogP contribution in [0.3, 0.4) is 0 Å². The minimum absolute atomic E-state index is 0.206. The zero-order chi connectivity index (χ0) is 8.89. The number of ketones is 1. The molecule has 3 rings (SSSR count). The first kappa shape index (κ1) is 7.74. The first-order valence-corrected chi connectivity index (χ1v) is 5.16. The van der Waals surface area contributed by atoms with E-state index in [1.54, 1.807) is 6.08 Å². The number of hydrogen-bond donors (Lipinski definition) is 0. The van der Waals surface area contributed by atoms with E-state index in [2.05, 4.69) is 6.08 Å². The van der Waals surface area contributed by atoms with Gasteiger partial charge < -0.3 is 4.74 Å². The van der Waals surface area contributed by atoms with Crippen LogP contribution in [0.25, 0.3) is 0 Å². The van der Waals surface area contributed by atoms with Crippen molar-refractivity contribution in [3.63, 3.8) is 0 Å². The lowest BCUT2D eigenvalue weighted by Gasteiger charge is -2.34. The number of allylic oxidation sites excluding steroid dienone is 1. The standard InChI is InChI=1S/C11H14O2/c12-8-3-5-11-4-1-2-9(7-11)13-10(11)6-8/h3,5,9-10H,1-2,4,6-7H2. The van der Waals surface area contributed by atoms with E-state index in [0.29, 0.717) is 12.5 Å². The fourth-order valence-electron chi connectivity index (χ4n) is 3.08. The lowest BCUT2D eigenvalue weighted by molar-refractivity contribution is -0.118. The average Bonchev–Trinajstić information content (AvgIpc) is 2.36. The molecule has 1 aliphatic heterocycles. The molecule has 2 fully saturated rings. The summed E-state index contributed by atoms with van der Waals surface area (Å²) >= 11 is 0.